The van der Waals surface area contributed by atoms with Crippen LogP contribution in [0, 0.1) is 21.4 Å². The van der Waals surface area contributed by atoms with E-state index in [2.05, 4.69) is 22.0 Å². The summed E-state index contributed by atoms with van der Waals surface area (Å²) >= 11 is 3.53. The Labute approximate surface area is 188 Å². The minimum Gasteiger partial charge on any atom is -0.490 e. The molecular weight excluding hydrogens is 460 g/mol. The van der Waals surface area contributed by atoms with Gasteiger partial charge < -0.3 is 9.47 Å². The number of hydrogen-bond acceptors (Lipinski definition) is 5. The molecule has 156 valence electrons. The molecule has 0 atom stereocenters. The zero-order valence-electron chi connectivity index (χ0n) is 16.7. The number of hydrogen-bond donors (Lipinski definition) is 0. The van der Waals surface area contributed by atoms with E-state index in [1.54, 1.807) is 24.3 Å². The van der Waals surface area contributed by atoms with Gasteiger partial charge in [-0.1, -0.05) is 42.5 Å². The number of benzene rings is 3. The zero-order valence-corrected chi connectivity index (χ0v) is 18.3. The number of allylic oxidation sites excluding steroid dienone is 1. The number of halogens is 1. The second-order valence-electron chi connectivity index (χ2n) is 6.51. The zero-order chi connectivity index (χ0) is 22.2. The van der Waals surface area contributed by atoms with Gasteiger partial charge in [0.15, 0.2) is 11.5 Å². The summed E-state index contributed by atoms with van der Waals surface area (Å²) in [6.45, 7) is 2.70. The monoisotopic (exact) mass is 478 g/mol. The summed E-state index contributed by atoms with van der Waals surface area (Å²) in [7, 11) is 0. The van der Waals surface area contributed by atoms with Crippen molar-refractivity contribution >= 4 is 33.3 Å². The minimum atomic E-state index is -0.485. The molecule has 0 unspecified atom stereocenters. The van der Waals surface area contributed by atoms with E-state index in [0.717, 1.165) is 5.56 Å². The Morgan fingerprint density at radius 3 is 2.58 bits per heavy atom. The van der Waals surface area contributed by atoms with Gasteiger partial charge in [0, 0.05) is 12.1 Å². The SMILES string of the molecule is CCOc1cc(/C=C(/C#N)c2cccc([N+](=O)[O-])c2)cc(Br)c1OCc1ccccc1. The third-order valence-corrected chi connectivity index (χ3v) is 4.95. The van der Waals surface area contributed by atoms with Crippen LogP contribution < -0.4 is 9.47 Å². The summed E-state index contributed by atoms with van der Waals surface area (Å²) in [6.07, 6.45) is 1.66. The molecule has 3 aromatic rings. The van der Waals surface area contributed by atoms with Crippen LogP contribution in [-0.2, 0) is 6.61 Å². The number of nitrogens with zero attached hydrogens (tertiary/aromatic N) is 2. The van der Waals surface area contributed by atoms with Crippen LogP contribution in [0.25, 0.3) is 11.6 Å². The van der Waals surface area contributed by atoms with Crippen molar-refractivity contribution in [3.63, 3.8) is 0 Å². The quantitative estimate of drug-likeness (QED) is 0.162. The van der Waals surface area contributed by atoms with Crippen molar-refractivity contribution in [2.24, 2.45) is 0 Å². The molecule has 0 fully saturated rings. The summed E-state index contributed by atoms with van der Waals surface area (Å²) in [6, 6.07) is 21.5. The van der Waals surface area contributed by atoms with E-state index in [9.17, 15) is 15.4 Å². The molecule has 0 spiro atoms. The largest absolute Gasteiger partial charge is 0.490 e. The average Bonchev–Trinajstić information content (AvgIpc) is 2.78. The van der Waals surface area contributed by atoms with Crippen LogP contribution >= 0.6 is 15.9 Å². The van der Waals surface area contributed by atoms with Crippen molar-refractivity contribution in [3.8, 4) is 17.6 Å². The van der Waals surface area contributed by atoms with Gasteiger partial charge in [-0.2, -0.15) is 5.26 Å². The number of non-ortho nitro benzene ring substituents is 1. The summed E-state index contributed by atoms with van der Waals surface area (Å²) in [5.74, 6) is 1.10. The van der Waals surface area contributed by atoms with E-state index in [0.29, 0.717) is 45.9 Å². The fourth-order valence-corrected chi connectivity index (χ4v) is 3.51. The predicted octanol–water partition coefficient (Wildman–Crippen LogP) is 6.40. The Kier molecular flexibility index (Phi) is 7.41. The number of nitro groups is 1. The van der Waals surface area contributed by atoms with E-state index in [4.69, 9.17) is 9.47 Å². The smallest absolute Gasteiger partial charge is 0.270 e. The molecule has 0 aliphatic rings. The minimum absolute atomic E-state index is 0.0699. The molecular formula is C24H19BrN2O4. The Hall–Kier alpha value is -3.63. The van der Waals surface area contributed by atoms with Crippen LogP contribution in [0.1, 0.15) is 23.6 Å². The fourth-order valence-electron chi connectivity index (χ4n) is 2.94. The van der Waals surface area contributed by atoms with Crippen molar-refractivity contribution in [2.45, 2.75) is 13.5 Å². The summed E-state index contributed by atoms with van der Waals surface area (Å²) in [5, 5.41) is 20.7. The van der Waals surface area contributed by atoms with Crippen LogP contribution in [0.4, 0.5) is 5.69 Å². The van der Waals surface area contributed by atoms with Gasteiger partial charge in [0.25, 0.3) is 5.69 Å². The number of ether oxygens (including phenoxy) is 2. The van der Waals surface area contributed by atoms with Gasteiger partial charge in [-0.15, -0.1) is 0 Å². The molecule has 0 saturated heterocycles. The van der Waals surface area contributed by atoms with Crippen molar-refractivity contribution in [1.29, 1.82) is 5.26 Å². The van der Waals surface area contributed by atoms with E-state index >= 15 is 0 Å². The van der Waals surface area contributed by atoms with Crippen LogP contribution in [-0.4, -0.2) is 11.5 Å². The van der Waals surface area contributed by atoms with Crippen molar-refractivity contribution in [1.82, 2.24) is 0 Å². The highest BCUT2D eigenvalue weighted by molar-refractivity contribution is 9.10. The highest BCUT2D eigenvalue weighted by atomic mass is 79.9. The van der Waals surface area contributed by atoms with Crippen LogP contribution in [0.2, 0.25) is 0 Å². The van der Waals surface area contributed by atoms with Gasteiger partial charge in [0.2, 0.25) is 0 Å². The lowest BCUT2D eigenvalue weighted by molar-refractivity contribution is -0.384. The Morgan fingerprint density at radius 1 is 1.13 bits per heavy atom. The predicted molar refractivity (Wildman–Crippen MR) is 123 cm³/mol. The summed E-state index contributed by atoms with van der Waals surface area (Å²) < 4.78 is 12.4. The lowest BCUT2D eigenvalue weighted by Gasteiger charge is -2.15. The Bertz CT molecular complexity index is 1150. The van der Waals surface area contributed by atoms with Crippen LogP contribution in [0.5, 0.6) is 11.5 Å². The molecule has 0 N–H and O–H groups in total. The first kappa shape index (κ1) is 22.1. The Balaban J connectivity index is 1.94. The molecule has 7 heteroatoms. The summed E-state index contributed by atoms with van der Waals surface area (Å²) in [5.41, 5.74) is 2.43. The van der Waals surface area contributed by atoms with Gasteiger partial charge in [0.1, 0.15) is 6.61 Å². The topological polar surface area (TPSA) is 85.4 Å². The lowest BCUT2D eigenvalue weighted by Crippen LogP contribution is -2.01. The van der Waals surface area contributed by atoms with Crippen molar-refractivity contribution in [2.75, 3.05) is 6.61 Å². The number of rotatable bonds is 8. The first-order valence-electron chi connectivity index (χ1n) is 9.51. The molecule has 0 heterocycles. The first-order valence-corrected chi connectivity index (χ1v) is 10.3. The van der Waals surface area contributed by atoms with Crippen LogP contribution in [0.15, 0.2) is 71.2 Å². The van der Waals surface area contributed by atoms with E-state index in [1.165, 1.54) is 12.1 Å². The highest BCUT2D eigenvalue weighted by Crippen LogP contribution is 2.38. The fraction of sp³-hybridized carbons (Fsp3) is 0.125. The standard InChI is InChI=1S/C24H19BrN2O4/c1-2-30-23-13-18(11-20(15-26)19-9-6-10-21(14-19)27(28)29)12-22(25)24(23)31-16-17-7-4-3-5-8-17/h3-14H,2,16H2,1H3/b20-11-. The third-order valence-electron chi connectivity index (χ3n) is 4.36. The van der Waals surface area contributed by atoms with Crippen molar-refractivity contribution < 1.29 is 14.4 Å². The maximum absolute atomic E-state index is 11.1. The molecule has 6 nitrogen and oxygen atoms in total. The molecule has 31 heavy (non-hydrogen) atoms. The van der Waals surface area contributed by atoms with Gasteiger partial charge in [-0.3, -0.25) is 10.1 Å². The van der Waals surface area contributed by atoms with Crippen molar-refractivity contribution in [3.05, 3.63) is 98.0 Å². The molecule has 0 amide bonds. The second-order valence-corrected chi connectivity index (χ2v) is 7.37. The van der Waals surface area contributed by atoms with Gasteiger partial charge >= 0.3 is 0 Å². The first-order chi connectivity index (χ1) is 15.0. The van der Waals surface area contributed by atoms with E-state index < -0.39 is 4.92 Å². The lowest BCUT2D eigenvalue weighted by atomic mass is 10.0. The normalized spacial score (nSPS) is 10.9. The number of nitriles is 1. The second kappa shape index (κ2) is 10.4. The molecule has 0 aliphatic heterocycles. The Morgan fingerprint density at radius 2 is 1.90 bits per heavy atom. The molecule has 0 saturated carbocycles. The average molecular weight is 479 g/mol. The maximum atomic E-state index is 11.1. The molecule has 0 aromatic heterocycles. The maximum Gasteiger partial charge on any atom is 0.270 e. The van der Waals surface area contributed by atoms with E-state index in [-0.39, 0.29) is 5.69 Å². The molecule has 0 radical (unpaired) electrons. The molecule has 0 bridgehead atoms. The van der Waals surface area contributed by atoms with Gasteiger partial charge in [-0.25, -0.2) is 0 Å². The molecule has 3 rings (SSSR count). The number of nitro benzene ring substituents is 1. The highest BCUT2D eigenvalue weighted by Gasteiger charge is 2.14. The molecule has 3 aromatic carbocycles. The van der Waals surface area contributed by atoms with E-state index in [1.807, 2.05) is 43.3 Å². The van der Waals surface area contributed by atoms with Crippen LogP contribution in [0.3, 0.4) is 0 Å². The molecule has 0 aliphatic carbocycles. The van der Waals surface area contributed by atoms with Gasteiger partial charge in [0.05, 0.1) is 27.6 Å². The summed E-state index contributed by atoms with van der Waals surface area (Å²) in [4.78, 5) is 10.6. The van der Waals surface area contributed by atoms with Gasteiger partial charge in [-0.05, 0) is 57.8 Å². The third kappa shape index (κ3) is 5.71.